The van der Waals surface area contributed by atoms with Gasteiger partial charge in [0.05, 0.1) is 31.9 Å². The number of ether oxygens (including phenoxy) is 3. The van der Waals surface area contributed by atoms with Crippen molar-refractivity contribution in [1.29, 1.82) is 0 Å². The number of thiophene rings is 1. The van der Waals surface area contributed by atoms with Crippen molar-refractivity contribution in [3.63, 3.8) is 0 Å². The zero-order valence-electron chi connectivity index (χ0n) is 14.6. The first-order valence-corrected chi connectivity index (χ1v) is 8.55. The van der Waals surface area contributed by atoms with E-state index in [1.54, 1.807) is 30.6 Å². The molecule has 2 aromatic heterocycles. The summed E-state index contributed by atoms with van der Waals surface area (Å²) in [6.45, 7) is 0. The third-order valence-electron chi connectivity index (χ3n) is 3.86. The first kappa shape index (κ1) is 17.8. The number of hydrogen-bond donors (Lipinski definition) is 1. The van der Waals surface area contributed by atoms with E-state index in [-0.39, 0.29) is 5.78 Å². The number of pyridine rings is 1. The summed E-state index contributed by atoms with van der Waals surface area (Å²) in [6, 6.07) is 8.78. The Labute approximate surface area is 155 Å². The monoisotopic (exact) mass is 370 g/mol. The second kappa shape index (κ2) is 7.45. The molecule has 26 heavy (non-hydrogen) atoms. The third kappa shape index (κ3) is 3.21. The summed E-state index contributed by atoms with van der Waals surface area (Å²) in [5.74, 6) is 1.06. The van der Waals surface area contributed by atoms with Crippen molar-refractivity contribution >= 4 is 22.8 Å². The quantitative estimate of drug-likeness (QED) is 0.667. The van der Waals surface area contributed by atoms with Gasteiger partial charge in [0.15, 0.2) is 11.5 Å². The molecule has 0 bridgehead atoms. The summed E-state index contributed by atoms with van der Waals surface area (Å²) in [7, 11) is 4.53. The largest absolute Gasteiger partial charge is 0.493 e. The third-order valence-corrected chi connectivity index (χ3v) is 5.06. The predicted octanol–water partition coefficient (Wildman–Crippen LogP) is 3.65. The van der Waals surface area contributed by atoms with Crippen molar-refractivity contribution in [3.05, 3.63) is 53.2 Å². The summed E-state index contributed by atoms with van der Waals surface area (Å²) in [5.41, 5.74) is 7.90. The maximum Gasteiger partial charge on any atom is 0.205 e. The number of aromatic nitrogens is 1. The Morgan fingerprint density at radius 1 is 1.00 bits per heavy atom. The van der Waals surface area contributed by atoms with E-state index in [4.69, 9.17) is 19.9 Å². The summed E-state index contributed by atoms with van der Waals surface area (Å²) < 4.78 is 15.9. The molecule has 0 atom stereocenters. The van der Waals surface area contributed by atoms with E-state index < -0.39 is 0 Å². The fourth-order valence-electron chi connectivity index (χ4n) is 2.58. The number of nitrogen functional groups attached to an aromatic ring is 1. The molecule has 0 saturated carbocycles. The van der Waals surface area contributed by atoms with Crippen LogP contribution < -0.4 is 19.9 Å². The molecule has 0 fully saturated rings. The van der Waals surface area contributed by atoms with Gasteiger partial charge in [0.25, 0.3) is 0 Å². The van der Waals surface area contributed by atoms with Gasteiger partial charge in [-0.15, -0.1) is 11.3 Å². The molecule has 2 N–H and O–H groups in total. The molecule has 6 nitrogen and oxygen atoms in total. The van der Waals surface area contributed by atoms with Gasteiger partial charge in [0.1, 0.15) is 0 Å². The number of methoxy groups -OCH3 is 3. The van der Waals surface area contributed by atoms with Gasteiger partial charge in [-0.05, 0) is 35.9 Å². The van der Waals surface area contributed by atoms with Crippen LogP contribution in [0.5, 0.6) is 17.2 Å². The lowest BCUT2D eigenvalue weighted by atomic mass is 10.1. The smallest absolute Gasteiger partial charge is 0.205 e. The van der Waals surface area contributed by atoms with Gasteiger partial charge in [-0.3, -0.25) is 9.78 Å². The molecule has 3 aromatic rings. The molecule has 0 aliphatic rings. The highest BCUT2D eigenvalue weighted by atomic mass is 32.1. The SMILES string of the molecule is COc1cc(C(=O)c2sc(-c3ccncc3)cc2N)cc(OC)c1OC. The van der Waals surface area contributed by atoms with Gasteiger partial charge in [-0.2, -0.15) is 0 Å². The molecule has 1 aromatic carbocycles. The molecule has 3 rings (SSSR count). The van der Waals surface area contributed by atoms with E-state index in [1.165, 1.54) is 32.7 Å². The number of carbonyl (C=O) groups excluding carboxylic acids is 1. The maximum absolute atomic E-state index is 13.0. The van der Waals surface area contributed by atoms with Crippen molar-refractivity contribution in [3.8, 4) is 27.7 Å². The number of anilines is 1. The van der Waals surface area contributed by atoms with Crippen LogP contribution in [0.15, 0.2) is 42.7 Å². The van der Waals surface area contributed by atoms with Crippen LogP contribution in [0.25, 0.3) is 10.4 Å². The molecule has 7 heteroatoms. The fraction of sp³-hybridized carbons (Fsp3) is 0.158. The Bertz CT molecular complexity index is 913. The topological polar surface area (TPSA) is 83.7 Å². The number of ketones is 1. The average Bonchev–Trinajstić information content (AvgIpc) is 3.08. The highest BCUT2D eigenvalue weighted by molar-refractivity contribution is 7.18. The van der Waals surface area contributed by atoms with E-state index in [0.717, 1.165) is 10.4 Å². The summed E-state index contributed by atoms with van der Waals surface area (Å²) >= 11 is 1.34. The molecule has 0 saturated heterocycles. The van der Waals surface area contributed by atoms with E-state index in [2.05, 4.69) is 4.98 Å². The van der Waals surface area contributed by atoms with Crippen LogP contribution in [0, 0.1) is 0 Å². The minimum absolute atomic E-state index is 0.202. The number of rotatable bonds is 6. The van der Waals surface area contributed by atoms with E-state index in [9.17, 15) is 4.79 Å². The maximum atomic E-state index is 13.0. The van der Waals surface area contributed by atoms with Gasteiger partial charge in [0, 0.05) is 22.8 Å². The Kier molecular flexibility index (Phi) is 5.09. The van der Waals surface area contributed by atoms with Crippen LogP contribution in [0.3, 0.4) is 0 Å². The Morgan fingerprint density at radius 3 is 2.15 bits per heavy atom. The predicted molar refractivity (Wildman–Crippen MR) is 101 cm³/mol. The first-order chi connectivity index (χ1) is 12.6. The molecule has 0 radical (unpaired) electrons. The minimum atomic E-state index is -0.202. The summed E-state index contributed by atoms with van der Waals surface area (Å²) in [4.78, 5) is 18.4. The number of benzene rings is 1. The number of nitrogens with two attached hydrogens (primary N) is 1. The van der Waals surface area contributed by atoms with E-state index in [1.807, 2.05) is 12.1 Å². The van der Waals surface area contributed by atoms with Crippen LogP contribution in [-0.2, 0) is 0 Å². The van der Waals surface area contributed by atoms with E-state index in [0.29, 0.717) is 33.4 Å². The lowest BCUT2D eigenvalue weighted by Gasteiger charge is -2.13. The molecule has 2 heterocycles. The zero-order valence-corrected chi connectivity index (χ0v) is 15.4. The van der Waals surface area contributed by atoms with Crippen LogP contribution in [0.1, 0.15) is 15.2 Å². The number of carbonyl (C=O) groups is 1. The Hall–Kier alpha value is -3.06. The van der Waals surface area contributed by atoms with Crippen molar-refractivity contribution in [2.45, 2.75) is 0 Å². The van der Waals surface area contributed by atoms with Gasteiger partial charge >= 0.3 is 0 Å². The van der Waals surface area contributed by atoms with Crippen LogP contribution >= 0.6 is 11.3 Å². The highest BCUT2D eigenvalue weighted by Gasteiger charge is 2.21. The first-order valence-electron chi connectivity index (χ1n) is 7.73. The lowest BCUT2D eigenvalue weighted by molar-refractivity contribution is 0.104. The molecule has 0 amide bonds. The summed E-state index contributed by atoms with van der Waals surface area (Å²) in [6.07, 6.45) is 3.40. The minimum Gasteiger partial charge on any atom is -0.493 e. The summed E-state index contributed by atoms with van der Waals surface area (Å²) in [5, 5.41) is 0. The molecule has 0 aliphatic heterocycles. The van der Waals surface area contributed by atoms with Gasteiger partial charge in [-0.25, -0.2) is 0 Å². The van der Waals surface area contributed by atoms with Gasteiger partial charge in [-0.1, -0.05) is 0 Å². The van der Waals surface area contributed by atoms with Gasteiger partial charge in [0.2, 0.25) is 11.5 Å². The molecule has 0 unspecified atom stereocenters. The normalized spacial score (nSPS) is 10.4. The van der Waals surface area contributed by atoms with Crippen LogP contribution in [0.2, 0.25) is 0 Å². The van der Waals surface area contributed by atoms with Crippen LogP contribution in [0.4, 0.5) is 5.69 Å². The molecule has 0 aliphatic carbocycles. The highest BCUT2D eigenvalue weighted by Crippen LogP contribution is 2.40. The van der Waals surface area contributed by atoms with Crippen molar-refractivity contribution in [2.75, 3.05) is 27.1 Å². The molecule has 0 spiro atoms. The zero-order chi connectivity index (χ0) is 18.7. The molecular formula is C19H18N2O4S. The van der Waals surface area contributed by atoms with Crippen molar-refractivity contribution in [2.24, 2.45) is 0 Å². The average molecular weight is 370 g/mol. The Morgan fingerprint density at radius 2 is 1.62 bits per heavy atom. The van der Waals surface area contributed by atoms with Crippen molar-refractivity contribution in [1.82, 2.24) is 4.98 Å². The lowest BCUT2D eigenvalue weighted by Crippen LogP contribution is -2.04. The van der Waals surface area contributed by atoms with Crippen molar-refractivity contribution < 1.29 is 19.0 Å². The second-order valence-corrected chi connectivity index (χ2v) is 6.43. The number of hydrogen-bond acceptors (Lipinski definition) is 7. The van der Waals surface area contributed by atoms with Gasteiger partial charge < -0.3 is 19.9 Å². The second-order valence-electron chi connectivity index (χ2n) is 5.37. The standard InChI is InChI=1S/C19H18N2O4S/c1-23-14-8-12(9-15(24-2)18(14)25-3)17(22)19-13(20)10-16(26-19)11-4-6-21-7-5-11/h4-10H,20H2,1-3H3. The molecule has 134 valence electrons. The van der Waals surface area contributed by atoms with E-state index >= 15 is 0 Å². The Balaban J connectivity index is 2.04. The van der Waals surface area contributed by atoms with Crippen LogP contribution in [-0.4, -0.2) is 32.1 Å². The fourth-order valence-corrected chi connectivity index (χ4v) is 3.63. The molecular weight excluding hydrogens is 352 g/mol. The number of nitrogens with zero attached hydrogens (tertiary/aromatic N) is 1.